The molecule has 2 aliphatic rings. The molecule has 0 bridgehead atoms. The SMILES string of the molecule is O=C(Cn1cc(C(=O)N2C(=O)OC3(CCNCC3)c3ccccc32)c2ccc(Cl)cc21)c1ccccc1F. The second kappa shape index (κ2) is 9.38. The number of hydrogen-bond donors (Lipinski definition) is 1. The number of Topliss-reactive ketones (excluding diaryl/α,β-unsaturated/α-hetero) is 1. The van der Waals surface area contributed by atoms with Gasteiger partial charge in [0.2, 0.25) is 0 Å². The zero-order valence-corrected chi connectivity index (χ0v) is 21.0. The number of benzene rings is 3. The highest BCUT2D eigenvalue weighted by Crippen LogP contribution is 2.45. The molecule has 192 valence electrons. The first kappa shape index (κ1) is 24.3. The van der Waals surface area contributed by atoms with Crippen LogP contribution < -0.4 is 10.2 Å². The number of carbonyl (C=O) groups is 3. The van der Waals surface area contributed by atoms with Crippen molar-refractivity contribution >= 4 is 46.0 Å². The van der Waals surface area contributed by atoms with E-state index < -0.39 is 29.2 Å². The van der Waals surface area contributed by atoms with Crippen LogP contribution in [0, 0.1) is 5.82 Å². The van der Waals surface area contributed by atoms with Gasteiger partial charge in [0.15, 0.2) is 5.78 Å². The zero-order valence-electron chi connectivity index (χ0n) is 20.2. The van der Waals surface area contributed by atoms with Crippen molar-refractivity contribution in [2.24, 2.45) is 0 Å². The molecule has 0 radical (unpaired) electrons. The number of aromatic nitrogens is 1. The van der Waals surface area contributed by atoms with Crippen LogP contribution >= 0.6 is 11.6 Å². The second-order valence-corrected chi connectivity index (χ2v) is 9.94. The normalized spacial score (nSPS) is 16.4. The molecule has 4 aromatic rings. The summed E-state index contributed by atoms with van der Waals surface area (Å²) in [5.74, 6) is -1.67. The van der Waals surface area contributed by atoms with Crippen LogP contribution in [0.5, 0.6) is 0 Å². The molecule has 38 heavy (non-hydrogen) atoms. The number of ether oxygens (including phenoxy) is 1. The van der Waals surface area contributed by atoms with Gasteiger partial charge in [-0.15, -0.1) is 0 Å². The first-order valence-corrected chi connectivity index (χ1v) is 12.7. The number of ketones is 1. The Labute approximate surface area is 222 Å². The molecule has 2 aliphatic heterocycles. The zero-order chi connectivity index (χ0) is 26.4. The van der Waals surface area contributed by atoms with Gasteiger partial charge < -0.3 is 14.6 Å². The van der Waals surface area contributed by atoms with E-state index in [-0.39, 0.29) is 17.7 Å². The van der Waals surface area contributed by atoms with Crippen LogP contribution in [0.4, 0.5) is 14.9 Å². The minimum Gasteiger partial charge on any atom is -0.437 e. The van der Waals surface area contributed by atoms with Gasteiger partial charge in [-0.3, -0.25) is 9.59 Å². The lowest BCUT2D eigenvalue weighted by Gasteiger charge is -2.44. The van der Waals surface area contributed by atoms with Gasteiger partial charge in [0.05, 0.1) is 28.9 Å². The minimum absolute atomic E-state index is 0.0509. The highest BCUT2D eigenvalue weighted by molar-refractivity contribution is 6.31. The predicted octanol–water partition coefficient (Wildman–Crippen LogP) is 5.69. The number of rotatable bonds is 4. The molecule has 1 aromatic heterocycles. The molecular formula is C29H23ClFN3O4. The summed E-state index contributed by atoms with van der Waals surface area (Å²) in [7, 11) is 0. The van der Waals surface area contributed by atoms with E-state index in [9.17, 15) is 18.8 Å². The van der Waals surface area contributed by atoms with Crippen molar-refractivity contribution in [2.75, 3.05) is 18.0 Å². The number of nitrogens with one attached hydrogen (secondary N) is 1. The van der Waals surface area contributed by atoms with Gasteiger partial charge in [-0.25, -0.2) is 14.1 Å². The van der Waals surface area contributed by atoms with E-state index in [2.05, 4.69) is 5.32 Å². The number of fused-ring (bicyclic) bond motifs is 3. The molecule has 0 unspecified atom stereocenters. The molecule has 0 saturated carbocycles. The Morgan fingerprint density at radius 1 is 1.00 bits per heavy atom. The van der Waals surface area contributed by atoms with Crippen molar-refractivity contribution in [3.63, 3.8) is 0 Å². The third-order valence-corrected chi connectivity index (χ3v) is 7.51. The van der Waals surface area contributed by atoms with Crippen molar-refractivity contribution in [1.29, 1.82) is 0 Å². The van der Waals surface area contributed by atoms with Crippen molar-refractivity contribution in [1.82, 2.24) is 9.88 Å². The van der Waals surface area contributed by atoms with Crippen molar-refractivity contribution in [3.05, 3.63) is 100 Å². The number of hydrogen-bond acceptors (Lipinski definition) is 5. The number of halogens is 2. The number of para-hydroxylation sites is 1. The lowest BCUT2D eigenvalue weighted by molar-refractivity contribution is -0.0170. The second-order valence-electron chi connectivity index (χ2n) is 9.51. The smallest absolute Gasteiger partial charge is 0.422 e. The van der Waals surface area contributed by atoms with Gasteiger partial charge in [-0.05, 0) is 43.4 Å². The maximum absolute atomic E-state index is 14.3. The molecule has 9 heteroatoms. The molecule has 1 fully saturated rings. The van der Waals surface area contributed by atoms with Crippen LogP contribution in [0.15, 0.2) is 72.9 Å². The maximum Gasteiger partial charge on any atom is 0.422 e. The van der Waals surface area contributed by atoms with E-state index in [4.69, 9.17) is 16.3 Å². The number of nitrogens with zero attached hydrogens (tertiary/aromatic N) is 2. The number of amides is 2. The third kappa shape index (κ3) is 3.97. The van der Waals surface area contributed by atoms with Crippen molar-refractivity contribution < 1.29 is 23.5 Å². The van der Waals surface area contributed by atoms with Crippen LogP contribution in [0.1, 0.15) is 39.1 Å². The Bertz CT molecular complexity index is 1610. The summed E-state index contributed by atoms with van der Waals surface area (Å²) >= 11 is 6.25. The summed E-state index contributed by atoms with van der Waals surface area (Å²) < 4.78 is 21.8. The Morgan fingerprint density at radius 3 is 2.53 bits per heavy atom. The van der Waals surface area contributed by atoms with Crippen molar-refractivity contribution in [2.45, 2.75) is 25.0 Å². The molecular weight excluding hydrogens is 509 g/mol. The molecule has 7 nitrogen and oxygen atoms in total. The fourth-order valence-electron chi connectivity index (χ4n) is 5.43. The summed E-state index contributed by atoms with van der Waals surface area (Å²) in [6.45, 7) is 1.17. The van der Waals surface area contributed by atoms with Gasteiger partial charge >= 0.3 is 6.09 Å². The molecule has 2 amide bonds. The average molecular weight is 532 g/mol. The monoisotopic (exact) mass is 531 g/mol. The van der Waals surface area contributed by atoms with Gasteiger partial charge in [0.1, 0.15) is 11.4 Å². The van der Waals surface area contributed by atoms with E-state index in [1.54, 1.807) is 41.0 Å². The number of anilines is 1. The standard InChI is InChI=1S/C29H23ClFN3O4/c30-18-9-10-19-21(16-33(25(19)15-18)17-26(35)20-5-1-3-7-23(20)31)27(36)34-24-8-4-2-6-22(24)29(38-28(34)37)11-13-32-14-12-29/h1-10,15-16,32H,11-14,17H2. The average Bonchev–Trinajstić information content (AvgIpc) is 3.26. The minimum atomic E-state index is -0.788. The molecule has 6 rings (SSSR count). The number of carbonyl (C=O) groups excluding carboxylic acids is 3. The summed E-state index contributed by atoms with van der Waals surface area (Å²) in [5, 5.41) is 4.20. The maximum atomic E-state index is 14.3. The summed E-state index contributed by atoms with van der Waals surface area (Å²) in [5.41, 5.74) is 1.14. The summed E-state index contributed by atoms with van der Waals surface area (Å²) in [4.78, 5) is 41.4. The number of imide groups is 1. The molecule has 3 aromatic carbocycles. The van der Waals surface area contributed by atoms with Crippen LogP contribution in [0.2, 0.25) is 5.02 Å². The lowest BCUT2D eigenvalue weighted by Crippen LogP contribution is -2.52. The molecule has 1 saturated heterocycles. The lowest BCUT2D eigenvalue weighted by atomic mass is 9.82. The fraction of sp³-hybridized carbons (Fsp3) is 0.207. The fourth-order valence-corrected chi connectivity index (χ4v) is 5.59. The summed E-state index contributed by atoms with van der Waals surface area (Å²) in [6.07, 6.45) is 1.97. The Hall–Kier alpha value is -4.01. The quantitative estimate of drug-likeness (QED) is 0.342. The molecule has 1 spiro atoms. The Morgan fingerprint density at radius 2 is 1.74 bits per heavy atom. The number of piperidine rings is 1. The van der Waals surface area contributed by atoms with E-state index in [0.717, 1.165) is 10.5 Å². The largest absolute Gasteiger partial charge is 0.437 e. The van der Waals surface area contributed by atoms with Gasteiger partial charge in [0.25, 0.3) is 5.91 Å². The Balaban J connectivity index is 1.42. The van der Waals surface area contributed by atoms with E-state index in [1.807, 2.05) is 12.1 Å². The van der Waals surface area contributed by atoms with Gasteiger partial charge in [-0.1, -0.05) is 48.0 Å². The van der Waals surface area contributed by atoms with Crippen molar-refractivity contribution in [3.8, 4) is 0 Å². The van der Waals surface area contributed by atoms with Crippen LogP contribution in [-0.4, -0.2) is 35.4 Å². The molecule has 3 heterocycles. The Kier molecular flexibility index (Phi) is 6.01. The van der Waals surface area contributed by atoms with E-state index >= 15 is 0 Å². The van der Waals surface area contributed by atoms with Crippen LogP contribution in [0.25, 0.3) is 10.9 Å². The van der Waals surface area contributed by atoms with E-state index in [1.165, 1.54) is 24.4 Å². The van der Waals surface area contributed by atoms with Gasteiger partial charge in [-0.2, -0.15) is 0 Å². The summed E-state index contributed by atoms with van der Waals surface area (Å²) in [6, 6.07) is 18.0. The highest BCUT2D eigenvalue weighted by atomic mass is 35.5. The molecule has 1 N–H and O–H groups in total. The molecule has 0 atom stereocenters. The van der Waals surface area contributed by atoms with Crippen LogP contribution in [-0.2, 0) is 16.9 Å². The predicted molar refractivity (Wildman–Crippen MR) is 141 cm³/mol. The molecule has 0 aliphatic carbocycles. The van der Waals surface area contributed by atoms with Gasteiger partial charge in [0, 0.05) is 35.0 Å². The highest BCUT2D eigenvalue weighted by Gasteiger charge is 2.47. The first-order valence-electron chi connectivity index (χ1n) is 12.3. The first-order chi connectivity index (χ1) is 18.4. The topological polar surface area (TPSA) is 80.6 Å². The van der Waals surface area contributed by atoms with Crippen LogP contribution in [0.3, 0.4) is 0 Å². The van der Waals surface area contributed by atoms with E-state index in [0.29, 0.717) is 47.5 Å². The third-order valence-electron chi connectivity index (χ3n) is 7.28.